The van der Waals surface area contributed by atoms with Crippen molar-refractivity contribution in [2.75, 3.05) is 7.11 Å². The highest BCUT2D eigenvalue weighted by atomic mass is 16.5. The number of nitriles is 1. The minimum Gasteiger partial charge on any atom is -0.497 e. The Bertz CT molecular complexity index is 468. The second-order valence-electron chi connectivity index (χ2n) is 4.30. The molecule has 0 fully saturated rings. The van der Waals surface area contributed by atoms with Crippen molar-refractivity contribution in [1.29, 1.82) is 5.26 Å². The molecule has 88 valence electrons. The molecule has 2 nitrogen and oxygen atoms in total. The number of allylic oxidation sites excluding steroid dienone is 2. The Morgan fingerprint density at radius 3 is 3.06 bits per heavy atom. The van der Waals surface area contributed by atoms with Crippen molar-refractivity contribution in [1.82, 2.24) is 0 Å². The van der Waals surface area contributed by atoms with Gasteiger partial charge in [0.25, 0.3) is 0 Å². The molecular formula is C15H17NO. The number of rotatable bonds is 4. The van der Waals surface area contributed by atoms with E-state index in [1.54, 1.807) is 7.11 Å². The Labute approximate surface area is 103 Å². The summed E-state index contributed by atoms with van der Waals surface area (Å²) in [6.45, 7) is 0. The van der Waals surface area contributed by atoms with Crippen LogP contribution in [0.1, 0.15) is 36.8 Å². The highest BCUT2D eigenvalue weighted by molar-refractivity contribution is 5.71. The van der Waals surface area contributed by atoms with Gasteiger partial charge in [0.1, 0.15) is 5.75 Å². The Morgan fingerprint density at radius 1 is 1.41 bits per heavy atom. The van der Waals surface area contributed by atoms with E-state index in [0.29, 0.717) is 6.42 Å². The van der Waals surface area contributed by atoms with Crippen molar-refractivity contribution < 1.29 is 4.74 Å². The molecule has 1 aliphatic carbocycles. The lowest BCUT2D eigenvalue weighted by Crippen LogP contribution is -2.00. The van der Waals surface area contributed by atoms with Crippen LogP contribution in [0.3, 0.4) is 0 Å². The number of aryl methyl sites for hydroxylation is 1. The second-order valence-corrected chi connectivity index (χ2v) is 4.30. The zero-order chi connectivity index (χ0) is 12.1. The maximum Gasteiger partial charge on any atom is 0.119 e. The highest BCUT2D eigenvalue weighted by Crippen LogP contribution is 2.32. The van der Waals surface area contributed by atoms with E-state index in [0.717, 1.165) is 31.4 Å². The van der Waals surface area contributed by atoms with Crippen LogP contribution in [0.5, 0.6) is 5.75 Å². The molecule has 2 heteroatoms. The van der Waals surface area contributed by atoms with Gasteiger partial charge in [-0.3, -0.25) is 0 Å². The van der Waals surface area contributed by atoms with Crippen LogP contribution in [-0.2, 0) is 6.42 Å². The molecule has 0 N–H and O–H groups in total. The van der Waals surface area contributed by atoms with Crippen LogP contribution < -0.4 is 4.74 Å². The van der Waals surface area contributed by atoms with E-state index in [1.165, 1.54) is 16.7 Å². The van der Waals surface area contributed by atoms with Crippen LogP contribution in [-0.4, -0.2) is 7.11 Å². The molecule has 0 spiro atoms. The number of hydrogen-bond donors (Lipinski definition) is 0. The first-order chi connectivity index (χ1) is 8.35. The first-order valence-corrected chi connectivity index (χ1v) is 6.08. The Morgan fingerprint density at radius 2 is 2.29 bits per heavy atom. The topological polar surface area (TPSA) is 33.0 Å². The van der Waals surface area contributed by atoms with Gasteiger partial charge >= 0.3 is 0 Å². The first kappa shape index (κ1) is 11.7. The molecular weight excluding hydrogens is 210 g/mol. The van der Waals surface area contributed by atoms with Crippen LogP contribution in [0.25, 0.3) is 5.57 Å². The fraction of sp³-hybridized carbons (Fsp3) is 0.400. The molecule has 2 rings (SSSR count). The van der Waals surface area contributed by atoms with Gasteiger partial charge in [-0.05, 0) is 54.5 Å². The minimum atomic E-state index is 0.636. The second kappa shape index (κ2) is 5.54. The van der Waals surface area contributed by atoms with Crippen LogP contribution in [0.15, 0.2) is 24.3 Å². The molecule has 0 radical (unpaired) electrons. The van der Waals surface area contributed by atoms with Gasteiger partial charge in [0.15, 0.2) is 0 Å². The van der Waals surface area contributed by atoms with Crippen molar-refractivity contribution in [3.63, 3.8) is 0 Å². The monoisotopic (exact) mass is 227 g/mol. The van der Waals surface area contributed by atoms with Crippen LogP contribution >= 0.6 is 0 Å². The number of methoxy groups -OCH3 is 1. The van der Waals surface area contributed by atoms with E-state index < -0.39 is 0 Å². The van der Waals surface area contributed by atoms with Gasteiger partial charge in [-0.1, -0.05) is 12.1 Å². The van der Waals surface area contributed by atoms with E-state index in [2.05, 4.69) is 24.3 Å². The smallest absolute Gasteiger partial charge is 0.119 e. The summed E-state index contributed by atoms with van der Waals surface area (Å²) in [4.78, 5) is 0. The van der Waals surface area contributed by atoms with Gasteiger partial charge in [0.05, 0.1) is 13.2 Å². The van der Waals surface area contributed by atoms with E-state index >= 15 is 0 Å². The van der Waals surface area contributed by atoms with Crippen LogP contribution in [0.2, 0.25) is 0 Å². The molecule has 0 aromatic heterocycles. The molecule has 0 unspecified atom stereocenters. The number of fused-ring (bicyclic) bond motifs is 1. The number of hydrogen-bond acceptors (Lipinski definition) is 2. The van der Waals surface area contributed by atoms with Gasteiger partial charge in [-0.2, -0.15) is 5.26 Å². The van der Waals surface area contributed by atoms with Crippen molar-refractivity contribution in [2.24, 2.45) is 0 Å². The third kappa shape index (κ3) is 2.68. The fourth-order valence-electron chi connectivity index (χ4n) is 2.31. The highest BCUT2D eigenvalue weighted by Gasteiger charge is 2.13. The predicted octanol–water partition coefficient (Wildman–Crippen LogP) is 3.72. The van der Waals surface area contributed by atoms with Crippen molar-refractivity contribution >= 4 is 5.57 Å². The molecule has 0 atom stereocenters. The SMILES string of the molecule is COc1ccc2c(c1)C(CCCC#N)=CCC2. The summed E-state index contributed by atoms with van der Waals surface area (Å²) < 4.78 is 5.27. The fourth-order valence-corrected chi connectivity index (χ4v) is 2.31. The van der Waals surface area contributed by atoms with Crippen molar-refractivity contribution in [2.45, 2.75) is 32.1 Å². The number of unbranched alkanes of at least 4 members (excludes halogenated alkanes) is 1. The lowest BCUT2D eigenvalue weighted by Gasteiger charge is -2.18. The third-order valence-corrected chi connectivity index (χ3v) is 3.20. The minimum absolute atomic E-state index is 0.636. The maximum absolute atomic E-state index is 8.58. The van der Waals surface area contributed by atoms with Gasteiger partial charge in [0, 0.05) is 6.42 Å². The summed E-state index contributed by atoms with van der Waals surface area (Å²) in [5.41, 5.74) is 4.09. The molecule has 0 bridgehead atoms. The average Bonchev–Trinajstić information content (AvgIpc) is 2.39. The molecule has 1 aromatic carbocycles. The lowest BCUT2D eigenvalue weighted by atomic mass is 9.88. The molecule has 0 heterocycles. The first-order valence-electron chi connectivity index (χ1n) is 6.08. The number of ether oxygens (including phenoxy) is 1. The summed E-state index contributed by atoms with van der Waals surface area (Å²) >= 11 is 0. The van der Waals surface area contributed by atoms with Crippen molar-refractivity contribution in [3.05, 3.63) is 35.4 Å². The zero-order valence-electron chi connectivity index (χ0n) is 10.2. The summed E-state index contributed by atoms with van der Waals surface area (Å²) in [7, 11) is 1.70. The van der Waals surface area contributed by atoms with Crippen molar-refractivity contribution in [3.8, 4) is 11.8 Å². The largest absolute Gasteiger partial charge is 0.497 e. The number of benzene rings is 1. The van der Waals surface area contributed by atoms with Crippen LogP contribution in [0.4, 0.5) is 0 Å². The molecule has 1 aliphatic rings. The Kier molecular flexibility index (Phi) is 3.82. The van der Waals surface area contributed by atoms with E-state index in [1.807, 2.05) is 6.07 Å². The third-order valence-electron chi connectivity index (χ3n) is 3.20. The summed E-state index contributed by atoms with van der Waals surface area (Å²) in [6, 6.07) is 8.50. The van der Waals surface area contributed by atoms with Crippen LogP contribution in [0, 0.1) is 11.3 Å². The molecule has 0 aliphatic heterocycles. The van der Waals surface area contributed by atoms with Gasteiger partial charge in [0.2, 0.25) is 0 Å². The summed E-state index contributed by atoms with van der Waals surface area (Å²) in [6.07, 6.45) is 7.10. The lowest BCUT2D eigenvalue weighted by molar-refractivity contribution is 0.414. The Hall–Kier alpha value is -1.75. The molecule has 0 saturated carbocycles. The average molecular weight is 227 g/mol. The van der Waals surface area contributed by atoms with Gasteiger partial charge < -0.3 is 4.74 Å². The maximum atomic E-state index is 8.58. The summed E-state index contributed by atoms with van der Waals surface area (Å²) in [5, 5.41) is 8.58. The quantitative estimate of drug-likeness (QED) is 0.734. The van der Waals surface area contributed by atoms with Gasteiger partial charge in [-0.25, -0.2) is 0 Å². The zero-order valence-corrected chi connectivity index (χ0v) is 10.2. The molecule has 17 heavy (non-hydrogen) atoms. The molecule has 0 saturated heterocycles. The predicted molar refractivity (Wildman–Crippen MR) is 68.8 cm³/mol. The standard InChI is InChI=1S/C15H17NO/c1-17-14-9-8-13-7-4-6-12(15(13)11-14)5-2-3-10-16/h6,8-9,11H,2-5,7H2,1H3. The van der Waals surface area contributed by atoms with E-state index in [4.69, 9.17) is 10.00 Å². The normalized spacial score (nSPS) is 13.5. The Balaban J connectivity index is 2.20. The molecule has 1 aromatic rings. The molecule has 0 amide bonds. The van der Waals surface area contributed by atoms with E-state index in [-0.39, 0.29) is 0 Å². The van der Waals surface area contributed by atoms with E-state index in [9.17, 15) is 0 Å². The number of nitrogens with zero attached hydrogens (tertiary/aromatic N) is 1. The summed E-state index contributed by atoms with van der Waals surface area (Å²) in [5.74, 6) is 0.914. The van der Waals surface area contributed by atoms with Gasteiger partial charge in [-0.15, -0.1) is 0 Å².